The van der Waals surface area contributed by atoms with E-state index in [0.717, 1.165) is 12.8 Å². The molecule has 0 saturated carbocycles. The van der Waals surface area contributed by atoms with Crippen molar-refractivity contribution < 1.29 is 9.90 Å². The van der Waals surface area contributed by atoms with Crippen LogP contribution in [0, 0.1) is 5.92 Å². The van der Waals surface area contributed by atoms with Gasteiger partial charge in [-0.05, 0) is 12.8 Å². The number of aliphatic hydroxyl groups excluding tert-OH is 1. The molecule has 0 amide bonds. The fourth-order valence-electron chi connectivity index (χ4n) is 0.945. The van der Waals surface area contributed by atoms with Gasteiger partial charge in [0.05, 0.1) is 0 Å². The van der Waals surface area contributed by atoms with E-state index in [2.05, 4.69) is 0 Å². The Morgan fingerprint density at radius 1 is 1.45 bits per heavy atom. The number of Topliss-reactive ketones (excluding diaryl/α,β-unsaturated/α-hetero) is 1. The first-order valence-corrected chi connectivity index (χ1v) is 4.35. The molecular formula is C9H18O2. The molecule has 0 spiro atoms. The SMILES string of the molecule is CCCC(O)C(=O)C(C)CC. The first kappa shape index (κ1) is 10.6. The first-order valence-electron chi connectivity index (χ1n) is 4.35. The lowest BCUT2D eigenvalue weighted by Crippen LogP contribution is -2.25. The van der Waals surface area contributed by atoms with E-state index in [1.54, 1.807) is 0 Å². The third-order valence-electron chi connectivity index (χ3n) is 1.99. The number of hydrogen-bond donors (Lipinski definition) is 1. The maximum atomic E-state index is 11.2. The molecule has 2 heteroatoms. The molecule has 0 aliphatic heterocycles. The Morgan fingerprint density at radius 3 is 2.36 bits per heavy atom. The van der Waals surface area contributed by atoms with Crippen molar-refractivity contribution in [3.63, 3.8) is 0 Å². The van der Waals surface area contributed by atoms with Crippen LogP contribution in [0.1, 0.15) is 40.0 Å². The highest BCUT2D eigenvalue weighted by molar-refractivity contribution is 5.84. The van der Waals surface area contributed by atoms with Crippen molar-refractivity contribution in [3.8, 4) is 0 Å². The van der Waals surface area contributed by atoms with Gasteiger partial charge in [0.2, 0.25) is 0 Å². The lowest BCUT2D eigenvalue weighted by Gasteiger charge is -2.12. The molecule has 0 radical (unpaired) electrons. The average molecular weight is 158 g/mol. The number of carbonyl (C=O) groups excluding carboxylic acids is 1. The molecule has 11 heavy (non-hydrogen) atoms. The van der Waals surface area contributed by atoms with Gasteiger partial charge in [0.1, 0.15) is 6.10 Å². The number of hydrogen-bond acceptors (Lipinski definition) is 2. The summed E-state index contributed by atoms with van der Waals surface area (Å²) < 4.78 is 0. The summed E-state index contributed by atoms with van der Waals surface area (Å²) in [4.78, 5) is 11.2. The van der Waals surface area contributed by atoms with Gasteiger partial charge in [0.25, 0.3) is 0 Å². The van der Waals surface area contributed by atoms with Gasteiger partial charge in [0, 0.05) is 5.92 Å². The van der Waals surface area contributed by atoms with Crippen LogP contribution in [0.4, 0.5) is 0 Å². The van der Waals surface area contributed by atoms with Crippen LogP contribution < -0.4 is 0 Å². The Morgan fingerprint density at radius 2 is 2.00 bits per heavy atom. The topological polar surface area (TPSA) is 37.3 Å². The van der Waals surface area contributed by atoms with Crippen LogP contribution in [0.5, 0.6) is 0 Å². The predicted molar refractivity (Wildman–Crippen MR) is 45.4 cm³/mol. The summed E-state index contributed by atoms with van der Waals surface area (Å²) in [5.41, 5.74) is 0. The summed E-state index contributed by atoms with van der Waals surface area (Å²) >= 11 is 0. The van der Waals surface area contributed by atoms with E-state index in [1.807, 2.05) is 20.8 Å². The zero-order valence-electron chi connectivity index (χ0n) is 7.63. The second-order valence-corrected chi connectivity index (χ2v) is 3.02. The van der Waals surface area contributed by atoms with Gasteiger partial charge in [-0.25, -0.2) is 0 Å². The molecular weight excluding hydrogens is 140 g/mol. The minimum atomic E-state index is -0.727. The Labute approximate surface area is 68.6 Å². The van der Waals surface area contributed by atoms with Gasteiger partial charge >= 0.3 is 0 Å². The average Bonchev–Trinajstić information content (AvgIpc) is 2.02. The number of carbonyl (C=O) groups is 1. The molecule has 0 aliphatic carbocycles. The van der Waals surface area contributed by atoms with Crippen molar-refractivity contribution in [3.05, 3.63) is 0 Å². The molecule has 0 aromatic carbocycles. The molecule has 0 aromatic heterocycles. The van der Waals surface area contributed by atoms with Gasteiger partial charge in [-0.1, -0.05) is 27.2 Å². The summed E-state index contributed by atoms with van der Waals surface area (Å²) in [6.45, 7) is 5.79. The van der Waals surface area contributed by atoms with Gasteiger partial charge in [-0.15, -0.1) is 0 Å². The number of aliphatic hydroxyl groups is 1. The van der Waals surface area contributed by atoms with Crippen LogP contribution in [0.15, 0.2) is 0 Å². The number of ketones is 1. The van der Waals surface area contributed by atoms with Crippen molar-refractivity contribution in [2.24, 2.45) is 5.92 Å². The minimum Gasteiger partial charge on any atom is -0.385 e. The van der Waals surface area contributed by atoms with Crippen molar-refractivity contribution in [1.82, 2.24) is 0 Å². The summed E-state index contributed by atoms with van der Waals surface area (Å²) in [6, 6.07) is 0. The lowest BCUT2D eigenvalue weighted by molar-refractivity contribution is -0.131. The van der Waals surface area contributed by atoms with E-state index in [9.17, 15) is 9.90 Å². The standard InChI is InChI=1S/C9H18O2/c1-4-6-8(10)9(11)7(3)5-2/h7-8,10H,4-6H2,1-3H3. The van der Waals surface area contributed by atoms with Crippen LogP contribution in [0.3, 0.4) is 0 Å². The monoisotopic (exact) mass is 158 g/mol. The van der Waals surface area contributed by atoms with Gasteiger partial charge in [0.15, 0.2) is 5.78 Å². The van der Waals surface area contributed by atoms with Crippen molar-refractivity contribution >= 4 is 5.78 Å². The van der Waals surface area contributed by atoms with Gasteiger partial charge in [-0.2, -0.15) is 0 Å². The van der Waals surface area contributed by atoms with E-state index in [0.29, 0.717) is 6.42 Å². The largest absolute Gasteiger partial charge is 0.385 e. The Kier molecular flexibility index (Phi) is 5.12. The van der Waals surface area contributed by atoms with Gasteiger partial charge in [-0.3, -0.25) is 4.79 Å². The van der Waals surface area contributed by atoms with E-state index in [4.69, 9.17) is 0 Å². The Balaban J connectivity index is 3.81. The third-order valence-corrected chi connectivity index (χ3v) is 1.99. The quantitative estimate of drug-likeness (QED) is 0.662. The van der Waals surface area contributed by atoms with Crippen LogP contribution in [0.2, 0.25) is 0 Å². The molecule has 0 aliphatic rings. The fourth-order valence-corrected chi connectivity index (χ4v) is 0.945. The molecule has 0 aromatic rings. The Bertz CT molecular complexity index is 121. The van der Waals surface area contributed by atoms with E-state index in [1.165, 1.54) is 0 Å². The summed E-state index contributed by atoms with van der Waals surface area (Å²) in [6.07, 6.45) is 1.56. The second kappa shape index (κ2) is 5.30. The molecule has 2 nitrogen and oxygen atoms in total. The molecule has 0 saturated heterocycles. The first-order chi connectivity index (χ1) is 5.13. The summed E-state index contributed by atoms with van der Waals surface area (Å²) in [5, 5.41) is 9.27. The van der Waals surface area contributed by atoms with Crippen molar-refractivity contribution in [2.45, 2.75) is 46.1 Å². The van der Waals surface area contributed by atoms with E-state index in [-0.39, 0.29) is 11.7 Å². The van der Waals surface area contributed by atoms with Crippen molar-refractivity contribution in [2.75, 3.05) is 0 Å². The van der Waals surface area contributed by atoms with E-state index >= 15 is 0 Å². The number of rotatable bonds is 5. The highest BCUT2D eigenvalue weighted by Gasteiger charge is 2.18. The second-order valence-electron chi connectivity index (χ2n) is 3.02. The van der Waals surface area contributed by atoms with Crippen LogP contribution in [0.25, 0.3) is 0 Å². The van der Waals surface area contributed by atoms with Crippen molar-refractivity contribution in [1.29, 1.82) is 0 Å². The zero-order valence-corrected chi connectivity index (χ0v) is 7.63. The third kappa shape index (κ3) is 3.51. The Hall–Kier alpha value is -0.370. The lowest BCUT2D eigenvalue weighted by atomic mass is 9.97. The fraction of sp³-hybridized carbons (Fsp3) is 0.889. The van der Waals surface area contributed by atoms with Crippen LogP contribution in [-0.4, -0.2) is 17.0 Å². The highest BCUT2D eigenvalue weighted by Crippen LogP contribution is 2.08. The summed E-state index contributed by atoms with van der Waals surface area (Å²) in [7, 11) is 0. The van der Waals surface area contributed by atoms with Crippen LogP contribution >= 0.6 is 0 Å². The van der Waals surface area contributed by atoms with E-state index < -0.39 is 6.10 Å². The molecule has 0 rings (SSSR count). The zero-order chi connectivity index (χ0) is 8.85. The van der Waals surface area contributed by atoms with Gasteiger partial charge < -0.3 is 5.11 Å². The molecule has 0 heterocycles. The van der Waals surface area contributed by atoms with Crippen LogP contribution in [-0.2, 0) is 4.79 Å². The maximum absolute atomic E-state index is 11.2. The summed E-state index contributed by atoms with van der Waals surface area (Å²) in [5.74, 6) is 0.00546. The molecule has 2 unspecified atom stereocenters. The smallest absolute Gasteiger partial charge is 0.164 e. The minimum absolute atomic E-state index is 0.00523. The normalized spacial score (nSPS) is 16.0. The molecule has 2 atom stereocenters. The molecule has 0 fully saturated rings. The molecule has 1 N–H and O–H groups in total. The molecule has 0 bridgehead atoms. The highest BCUT2D eigenvalue weighted by atomic mass is 16.3. The molecule has 66 valence electrons. The predicted octanol–water partition coefficient (Wildman–Crippen LogP) is 1.76. The maximum Gasteiger partial charge on any atom is 0.164 e.